The van der Waals surface area contributed by atoms with E-state index in [4.69, 9.17) is 0 Å². The molecule has 0 aliphatic carbocycles. The molecule has 2 unspecified atom stereocenters. The van der Waals surface area contributed by atoms with Gasteiger partial charge in [0.2, 0.25) is 5.91 Å². The van der Waals surface area contributed by atoms with Gasteiger partial charge in [-0.3, -0.25) is 4.79 Å². The minimum Gasteiger partial charge on any atom is -0.354 e. The fourth-order valence-electron chi connectivity index (χ4n) is 4.10. The molecule has 0 spiro atoms. The Hall–Kier alpha value is -2.18. The number of carbonyl (C=O) groups is 1. The van der Waals surface area contributed by atoms with Crippen LogP contribution in [0.3, 0.4) is 0 Å². The van der Waals surface area contributed by atoms with Crippen LogP contribution in [0.2, 0.25) is 0 Å². The number of imidazole rings is 1. The number of aryl methyl sites for hydroxylation is 1. The van der Waals surface area contributed by atoms with Crippen LogP contribution in [0.4, 0.5) is 5.82 Å². The van der Waals surface area contributed by atoms with E-state index in [1.54, 1.807) is 12.7 Å². The van der Waals surface area contributed by atoms with E-state index in [1.807, 2.05) is 11.6 Å². The van der Waals surface area contributed by atoms with Gasteiger partial charge in [-0.1, -0.05) is 20.8 Å². The summed E-state index contributed by atoms with van der Waals surface area (Å²) in [4.78, 5) is 30.2. The van der Waals surface area contributed by atoms with E-state index in [9.17, 15) is 4.79 Å². The molecule has 4 heterocycles. The molecule has 134 valence electrons. The first-order valence-corrected chi connectivity index (χ1v) is 8.96. The third kappa shape index (κ3) is 2.96. The number of fused-ring (bicyclic) bond motifs is 2. The second-order valence-corrected chi connectivity index (χ2v) is 8.69. The monoisotopic (exact) mass is 342 g/mol. The molecule has 0 aromatic carbocycles. The molecule has 0 N–H and O–H groups in total. The Morgan fingerprint density at radius 3 is 2.44 bits per heavy atom. The molecule has 2 saturated heterocycles. The van der Waals surface area contributed by atoms with Crippen LogP contribution in [-0.4, -0.2) is 56.5 Å². The van der Waals surface area contributed by atoms with E-state index in [0.29, 0.717) is 24.2 Å². The Balaban J connectivity index is 1.47. The van der Waals surface area contributed by atoms with Gasteiger partial charge in [0.05, 0.1) is 6.33 Å². The van der Waals surface area contributed by atoms with E-state index >= 15 is 0 Å². The van der Waals surface area contributed by atoms with Crippen LogP contribution in [0, 0.1) is 17.3 Å². The lowest BCUT2D eigenvalue weighted by Gasteiger charge is -2.25. The van der Waals surface area contributed by atoms with Crippen molar-refractivity contribution in [2.24, 2.45) is 24.3 Å². The first-order chi connectivity index (χ1) is 11.8. The number of likely N-dealkylation sites (tertiary alicyclic amines) is 1. The Labute approximate surface area is 148 Å². The quantitative estimate of drug-likeness (QED) is 0.831. The van der Waals surface area contributed by atoms with Crippen molar-refractivity contribution < 1.29 is 4.79 Å². The Morgan fingerprint density at radius 1 is 1.12 bits per heavy atom. The van der Waals surface area contributed by atoms with Crippen molar-refractivity contribution in [1.29, 1.82) is 0 Å². The number of hydrogen-bond donors (Lipinski definition) is 0. The Kier molecular flexibility index (Phi) is 3.70. The predicted molar refractivity (Wildman–Crippen MR) is 96.1 cm³/mol. The van der Waals surface area contributed by atoms with Gasteiger partial charge in [-0.25, -0.2) is 15.0 Å². The van der Waals surface area contributed by atoms with Crippen molar-refractivity contribution in [2.45, 2.75) is 27.2 Å². The summed E-state index contributed by atoms with van der Waals surface area (Å²) in [6.07, 6.45) is 4.02. The van der Waals surface area contributed by atoms with Crippen molar-refractivity contribution >= 4 is 22.9 Å². The second kappa shape index (κ2) is 5.68. The van der Waals surface area contributed by atoms with Gasteiger partial charge in [0.15, 0.2) is 17.0 Å². The number of carbonyl (C=O) groups excluding carboxylic acids is 1. The van der Waals surface area contributed by atoms with Gasteiger partial charge >= 0.3 is 0 Å². The second-order valence-electron chi connectivity index (χ2n) is 8.69. The predicted octanol–water partition coefficient (Wildman–Crippen LogP) is 1.69. The smallest absolute Gasteiger partial charge is 0.223 e. The highest BCUT2D eigenvalue weighted by Crippen LogP contribution is 2.35. The fourth-order valence-corrected chi connectivity index (χ4v) is 4.10. The molecule has 2 fully saturated rings. The maximum atomic E-state index is 12.5. The molecule has 2 aliphatic heterocycles. The van der Waals surface area contributed by atoms with E-state index < -0.39 is 0 Å². The van der Waals surface area contributed by atoms with E-state index in [2.05, 4.69) is 45.5 Å². The molecule has 25 heavy (non-hydrogen) atoms. The number of amides is 1. The number of anilines is 1. The largest absolute Gasteiger partial charge is 0.354 e. The van der Waals surface area contributed by atoms with E-state index in [-0.39, 0.29) is 5.41 Å². The summed E-state index contributed by atoms with van der Waals surface area (Å²) in [5.74, 6) is 2.27. The minimum absolute atomic E-state index is 0.0480. The maximum absolute atomic E-state index is 12.5. The van der Waals surface area contributed by atoms with Gasteiger partial charge in [-0.05, 0) is 5.41 Å². The van der Waals surface area contributed by atoms with Crippen molar-refractivity contribution in [3.8, 4) is 0 Å². The molecule has 0 radical (unpaired) electrons. The topological polar surface area (TPSA) is 67.2 Å². The van der Waals surface area contributed by atoms with E-state index in [1.165, 1.54) is 0 Å². The molecule has 4 rings (SSSR count). The highest BCUT2D eigenvalue weighted by Gasteiger charge is 2.42. The molecule has 0 saturated carbocycles. The maximum Gasteiger partial charge on any atom is 0.223 e. The normalized spacial score (nSPS) is 23.5. The van der Waals surface area contributed by atoms with Crippen molar-refractivity contribution in [3.05, 3.63) is 12.7 Å². The molecule has 2 aromatic heterocycles. The molecule has 7 nitrogen and oxygen atoms in total. The number of aromatic nitrogens is 4. The summed E-state index contributed by atoms with van der Waals surface area (Å²) in [5.41, 5.74) is 1.78. The SMILES string of the molecule is Cn1cnc2c(N3CC4CN(C(=O)CC(C)(C)C)CC4C3)ncnc21. The molecule has 2 atom stereocenters. The van der Waals surface area contributed by atoms with Crippen molar-refractivity contribution in [1.82, 2.24) is 24.4 Å². The lowest BCUT2D eigenvalue weighted by Crippen LogP contribution is -2.35. The van der Waals surface area contributed by atoms with Crippen LogP contribution >= 0.6 is 0 Å². The lowest BCUT2D eigenvalue weighted by molar-refractivity contribution is -0.132. The zero-order valence-corrected chi connectivity index (χ0v) is 15.4. The fraction of sp³-hybridized carbons (Fsp3) is 0.667. The molecule has 0 bridgehead atoms. The summed E-state index contributed by atoms with van der Waals surface area (Å²) in [6.45, 7) is 9.97. The summed E-state index contributed by atoms with van der Waals surface area (Å²) in [7, 11) is 1.95. The number of nitrogens with zero attached hydrogens (tertiary/aromatic N) is 6. The molecular formula is C18H26N6O. The zero-order chi connectivity index (χ0) is 17.8. The number of hydrogen-bond acceptors (Lipinski definition) is 5. The summed E-state index contributed by atoms with van der Waals surface area (Å²) < 4.78 is 1.92. The first-order valence-electron chi connectivity index (χ1n) is 8.96. The lowest BCUT2D eigenvalue weighted by atomic mass is 9.91. The zero-order valence-electron chi connectivity index (χ0n) is 15.4. The molecule has 2 aromatic rings. The Morgan fingerprint density at radius 2 is 1.80 bits per heavy atom. The van der Waals surface area contributed by atoms with Gasteiger partial charge in [0, 0.05) is 51.5 Å². The van der Waals surface area contributed by atoms with Gasteiger partial charge in [-0.15, -0.1) is 0 Å². The highest BCUT2D eigenvalue weighted by atomic mass is 16.2. The third-order valence-electron chi connectivity index (χ3n) is 5.30. The number of rotatable bonds is 2. The van der Waals surface area contributed by atoms with Crippen molar-refractivity contribution in [2.75, 3.05) is 31.1 Å². The van der Waals surface area contributed by atoms with Crippen LogP contribution in [0.25, 0.3) is 11.2 Å². The van der Waals surface area contributed by atoms with Gasteiger partial charge < -0.3 is 14.4 Å². The Bertz CT molecular complexity index is 793. The van der Waals surface area contributed by atoms with Crippen LogP contribution in [0.1, 0.15) is 27.2 Å². The average molecular weight is 342 g/mol. The summed E-state index contributed by atoms with van der Waals surface area (Å²) in [6, 6.07) is 0. The van der Waals surface area contributed by atoms with Crippen molar-refractivity contribution in [3.63, 3.8) is 0 Å². The van der Waals surface area contributed by atoms with Gasteiger partial charge in [0.25, 0.3) is 0 Å². The molecule has 2 aliphatic rings. The highest BCUT2D eigenvalue weighted by molar-refractivity contribution is 5.83. The molecule has 1 amide bonds. The van der Waals surface area contributed by atoms with Crippen LogP contribution in [0.15, 0.2) is 12.7 Å². The third-order valence-corrected chi connectivity index (χ3v) is 5.30. The van der Waals surface area contributed by atoms with Gasteiger partial charge in [0.1, 0.15) is 6.33 Å². The van der Waals surface area contributed by atoms with Crippen LogP contribution < -0.4 is 4.90 Å². The summed E-state index contributed by atoms with van der Waals surface area (Å²) in [5, 5.41) is 0. The van der Waals surface area contributed by atoms with Crippen LogP contribution in [0.5, 0.6) is 0 Å². The van der Waals surface area contributed by atoms with E-state index in [0.717, 1.165) is 43.2 Å². The average Bonchev–Trinajstić information content (AvgIpc) is 3.18. The van der Waals surface area contributed by atoms with Gasteiger partial charge in [-0.2, -0.15) is 0 Å². The first kappa shape index (κ1) is 16.3. The standard InChI is InChI=1S/C18H26N6O/c1-18(2,3)5-14(25)23-6-12-8-24(9-13(12)7-23)17-15-16(19-10-20-17)22(4)11-21-15/h10-13H,5-9H2,1-4H3. The minimum atomic E-state index is 0.0480. The summed E-state index contributed by atoms with van der Waals surface area (Å²) >= 11 is 0. The van der Waals surface area contributed by atoms with Crippen LogP contribution in [-0.2, 0) is 11.8 Å². The molecule has 7 heteroatoms. The molecular weight excluding hydrogens is 316 g/mol.